The van der Waals surface area contributed by atoms with Crippen LogP contribution in [0.5, 0.6) is 0 Å². The Morgan fingerprint density at radius 3 is 2.91 bits per heavy atom. The van der Waals surface area contributed by atoms with Crippen molar-refractivity contribution in [3.8, 4) is 11.3 Å². The van der Waals surface area contributed by atoms with Crippen LogP contribution in [-0.4, -0.2) is 40.0 Å². The predicted molar refractivity (Wildman–Crippen MR) is 82.8 cm³/mol. The molecule has 0 radical (unpaired) electrons. The second-order valence-electron chi connectivity index (χ2n) is 4.89. The van der Waals surface area contributed by atoms with E-state index in [0.29, 0.717) is 23.1 Å². The fraction of sp³-hybridized carbons (Fsp3) is 0.267. The van der Waals surface area contributed by atoms with Crippen LogP contribution in [0.25, 0.3) is 11.3 Å². The number of hydrogen-bond acceptors (Lipinski definition) is 5. The first kappa shape index (κ1) is 14.6. The summed E-state index contributed by atoms with van der Waals surface area (Å²) in [5, 5.41) is 6.68. The van der Waals surface area contributed by atoms with Crippen molar-refractivity contribution < 1.29 is 14.1 Å². The summed E-state index contributed by atoms with van der Waals surface area (Å²) >= 11 is 1.52. The molecule has 0 unspecified atom stereocenters. The van der Waals surface area contributed by atoms with Crippen molar-refractivity contribution in [3.63, 3.8) is 0 Å². The van der Waals surface area contributed by atoms with Gasteiger partial charge in [-0.05, 0) is 0 Å². The summed E-state index contributed by atoms with van der Waals surface area (Å²) in [6.07, 6.45) is 0. The van der Waals surface area contributed by atoms with Crippen LogP contribution in [0.4, 0.5) is 0 Å². The normalized spacial score (nSPS) is 14.4. The van der Waals surface area contributed by atoms with E-state index >= 15 is 0 Å². The molecule has 0 saturated carbocycles. The Bertz CT molecular complexity index is 672. The van der Waals surface area contributed by atoms with Gasteiger partial charge in [-0.15, -0.1) is 11.8 Å². The van der Waals surface area contributed by atoms with Crippen molar-refractivity contribution >= 4 is 23.6 Å². The molecular weight excluding hydrogens is 302 g/mol. The molecule has 0 atom stereocenters. The van der Waals surface area contributed by atoms with Crippen LogP contribution in [-0.2, 0) is 16.1 Å². The number of amides is 2. The molecule has 2 aromatic rings. The quantitative estimate of drug-likeness (QED) is 0.904. The number of thioether (sulfide) groups is 1. The number of hydrogen-bond donors (Lipinski definition) is 1. The van der Waals surface area contributed by atoms with Crippen molar-refractivity contribution in [2.24, 2.45) is 0 Å². The molecule has 0 aliphatic carbocycles. The lowest BCUT2D eigenvalue weighted by atomic mass is 10.2. The third kappa shape index (κ3) is 3.48. The fourth-order valence-corrected chi connectivity index (χ4v) is 3.00. The molecule has 1 N–H and O–H groups in total. The zero-order valence-electron chi connectivity index (χ0n) is 11.8. The van der Waals surface area contributed by atoms with Crippen LogP contribution in [0.3, 0.4) is 0 Å². The molecule has 7 heteroatoms. The molecule has 0 bridgehead atoms. The van der Waals surface area contributed by atoms with Gasteiger partial charge in [-0.2, -0.15) is 0 Å². The SMILES string of the molecule is O=C(CN1CSCC1=O)NCc1cc(-c2ccccc2)on1. The highest BCUT2D eigenvalue weighted by Gasteiger charge is 2.22. The lowest BCUT2D eigenvalue weighted by Gasteiger charge is -2.13. The van der Waals surface area contributed by atoms with Crippen molar-refractivity contribution in [2.75, 3.05) is 18.2 Å². The molecule has 22 heavy (non-hydrogen) atoms. The molecule has 0 spiro atoms. The van der Waals surface area contributed by atoms with Crippen molar-refractivity contribution in [2.45, 2.75) is 6.54 Å². The van der Waals surface area contributed by atoms with E-state index in [2.05, 4.69) is 10.5 Å². The van der Waals surface area contributed by atoms with Crippen LogP contribution in [0.15, 0.2) is 40.9 Å². The fourth-order valence-electron chi connectivity index (χ4n) is 2.09. The number of carbonyl (C=O) groups is 2. The summed E-state index contributed by atoms with van der Waals surface area (Å²) in [5.74, 6) is 1.51. The summed E-state index contributed by atoms with van der Waals surface area (Å²) in [5.41, 5.74) is 1.58. The van der Waals surface area contributed by atoms with E-state index in [1.807, 2.05) is 30.3 Å². The van der Waals surface area contributed by atoms with Gasteiger partial charge in [-0.1, -0.05) is 35.5 Å². The Labute approximate surface area is 131 Å². The van der Waals surface area contributed by atoms with Gasteiger partial charge in [0.05, 0.1) is 18.2 Å². The number of benzene rings is 1. The van der Waals surface area contributed by atoms with Crippen LogP contribution < -0.4 is 5.32 Å². The number of nitrogens with zero attached hydrogens (tertiary/aromatic N) is 2. The molecule has 6 nitrogen and oxygen atoms in total. The minimum atomic E-state index is -0.194. The first-order valence-corrected chi connectivity index (χ1v) is 8.01. The predicted octanol–water partition coefficient (Wildman–Crippen LogP) is 1.49. The lowest BCUT2D eigenvalue weighted by molar-refractivity contribution is -0.132. The molecule has 1 aliphatic heterocycles. The maximum atomic E-state index is 11.8. The van der Waals surface area contributed by atoms with Gasteiger partial charge in [0.1, 0.15) is 12.2 Å². The van der Waals surface area contributed by atoms with Gasteiger partial charge in [0.25, 0.3) is 0 Å². The van der Waals surface area contributed by atoms with Gasteiger partial charge in [0, 0.05) is 11.6 Å². The molecule has 1 aromatic heterocycles. The Hall–Kier alpha value is -2.28. The zero-order chi connectivity index (χ0) is 15.4. The number of aromatic nitrogens is 1. The zero-order valence-corrected chi connectivity index (χ0v) is 12.6. The molecule has 114 valence electrons. The molecular formula is C15H15N3O3S. The van der Waals surface area contributed by atoms with Gasteiger partial charge in [0.2, 0.25) is 11.8 Å². The van der Waals surface area contributed by atoms with Crippen LogP contribution in [0.1, 0.15) is 5.69 Å². The van der Waals surface area contributed by atoms with Crippen LogP contribution in [0, 0.1) is 0 Å². The second-order valence-corrected chi connectivity index (χ2v) is 5.85. The van der Waals surface area contributed by atoms with Gasteiger partial charge >= 0.3 is 0 Å². The Kier molecular flexibility index (Phi) is 4.43. The Morgan fingerprint density at radius 2 is 2.18 bits per heavy atom. The van der Waals surface area contributed by atoms with E-state index < -0.39 is 0 Å². The monoisotopic (exact) mass is 317 g/mol. The second kappa shape index (κ2) is 6.65. The first-order chi connectivity index (χ1) is 10.7. The smallest absolute Gasteiger partial charge is 0.239 e. The average molecular weight is 317 g/mol. The van der Waals surface area contributed by atoms with E-state index in [9.17, 15) is 9.59 Å². The lowest BCUT2D eigenvalue weighted by Crippen LogP contribution is -2.37. The number of nitrogens with one attached hydrogen (secondary N) is 1. The highest BCUT2D eigenvalue weighted by atomic mass is 32.2. The minimum Gasteiger partial charge on any atom is -0.356 e. The summed E-state index contributed by atoms with van der Waals surface area (Å²) in [6, 6.07) is 11.4. The van der Waals surface area contributed by atoms with Gasteiger partial charge in [0.15, 0.2) is 5.76 Å². The summed E-state index contributed by atoms with van der Waals surface area (Å²) < 4.78 is 5.26. The molecule has 3 rings (SSSR count). The van der Waals surface area contributed by atoms with Gasteiger partial charge in [-0.3, -0.25) is 9.59 Å². The molecule has 2 amide bonds. The summed E-state index contributed by atoms with van der Waals surface area (Å²) in [7, 11) is 0. The molecule has 1 fully saturated rings. The first-order valence-electron chi connectivity index (χ1n) is 6.85. The summed E-state index contributed by atoms with van der Waals surface area (Å²) in [6.45, 7) is 0.375. The van der Waals surface area contributed by atoms with E-state index in [0.717, 1.165) is 5.56 Å². The highest BCUT2D eigenvalue weighted by Crippen LogP contribution is 2.19. The standard InChI is InChI=1S/C15H15N3O3S/c19-14(8-18-10-22-9-15(18)20)16-7-12-6-13(21-17-12)11-4-2-1-3-5-11/h1-6H,7-10H2,(H,16,19). The topological polar surface area (TPSA) is 75.4 Å². The molecule has 1 aromatic carbocycles. The van der Waals surface area contributed by atoms with Crippen LogP contribution >= 0.6 is 11.8 Å². The minimum absolute atomic E-state index is 0.00736. The van der Waals surface area contributed by atoms with Crippen molar-refractivity contribution in [3.05, 3.63) is 42.1 Å². The van der Waals surface area contributed by atoms with Crippen molar-refractivity contribution in [1.29, 1.82) is 0 Å². The maximum absolute atomic E-state index is 11.8. The number of rotatable bonds is 5. The third-order valence-corrected chi connectivity index (χ3v) is 4.19. The number of carbonyl (C=O) groups excluding carboxylic acids is 2. The third-order valence-electron chi connectivity index (χ3n) is 3.24. The van der Waals surface area contributed by atoms with Gasteiger partial charge < -0.3 is 14.7 Å². The maximum Gasteiger partial charge on any atom is 0.239 e. The molecule has 1 aliphatic rings. The molecule has 1 saturated heterocycles. The summed E-state index contributed by atoms with van der Waals surface area (Å²) in [4.78, 5) is 24.8. The van der Waals surface area contributed by atoms with E-state index in [1.54, 1.807) is 6.07 Å². The van der Waals surface area contributed by atoms with E-state index in [1.165, 1.54) is 16.7 Å². The van der Waals surface area contributed by atoms with Crippen LogP contribution in [0.2, 0.25) is 0 Å². The van der Waals surface area contributed by atoms with Gasteiger partial charge in [-0.25, -0.2) is 0 Å². The Balaban J connectivity index is 1.52. The van der Waals surface area contributed by atoms with E-state index in [-0.39, 0.29) is 24.9 Å². The van der Waals surface area contributed by atoms with E-state index in [4.69, 9.17) is 4.52 Å². The largest absolute Gasteiger partial charge is 0.356 e. The Morgan fingerprint density at radius 1 is 1.36 bits per heavy atom. The highest BCUT2D eigenvalue weighted by molar-refractivity contribution is 8.00. The molecule has 2 heterocycles. The average Bonchev–Trinajstić information content (AvgIpc) is 3.16. The van der Waals surface area contributed by atoms with Crippen molar-refractivity contribution in [1.82, 2.24) is 15.4 Å².